The van der Waals surface area contributed by atoms with Gasteiger partial charge in [0.25, 0.3) is 0 Å². The molecule has 1 aromatic carbocycles. The highest BCUT2D eigenvalue weighted by Gasteiger charge is 2.12. The molecule has 24 heavy (non-hydrogen) atoms. The number of nitrogens with two attached hydrogens (primary N) is 2. The van der Waals surface area contributed by atoms with Crippen LogP contribution in [0.4, 0.5) is 5.82 Å². The first-order valence-corrected chi connectivity index (χ1v) is 8.33. The Balaban J connectivity index is 2.39. The van der Waals surface area contributed by atoms with Crippen molar-refractivity contribution >= 4 is 22.6 Å². The molecule has 0 fully saturated rings. The summed E-state index contributed by atoms with van der Waals surface area (Å²) in [5, 5.41) is 13.8. The number of hydrogen-bond donors (Lipinski definition) is 4. The van der Waals surface area contributed by atoms with E-state index < -0.39 is 6.23 Å². The van der Waals surface area contributed by atoms with Crippen molar-refractivity contribution in [2.24, 2.45) is 16.5 Å². The number of pyridine rings is 1. The minimum absolute atomic E-state index is 0.160. The quantitative estimate of drug-likeness (QED) is 0.459. The zero-order valence-electron chi connectivity index (χ0n) is 14.6. The average Bonchev–Trinajstić information content (AvgIpc) is 2.53. The van der Waals surface area contributed by atoms with Crippen molar-refractivity contribution in [3.8, 4) is 0 Å². The summed E-state index contributed by atoms with van der Waals surface area (Å²) in [5.74, 6) is 0.930. The van der Waals surface area contributed by atoms with Crippen molar-refractivity contribution in [1.29, 1.82) is 0 Å². The molecule has 0 aliphatic carbocycles. The molecule has 0 radical (unpaired) electrons. The van der Waals surface area contributed by atoms with Gasteiger partial charge >= 0.3 is 0 Å². The molecule has 0 amide bonds. The van der Waals surface area contributed by atoms with Gasteiger partial charge in [0.1, 0.15) is 17.9 Å². The van der Waals surface area contributed by atoms with Crippen LogP contribution in [0.2, 0.25) is 0 Å². The number of hydrogen-bond acceptors (Lipinski definition) is 5. The van der Waals surface area contributed by atoms with Crippen molar-refractivity contribution in [2.45, 2.75) is 45.9 Å². The van der Waals surface area contributed by atoms with Gasteiger partial charge in [0.05, 0.1) is 11.1 Å². The van der Waals surface area contributed by atoms with Crippen LogP contribution in [-0.2, 0) is 0 Å². The van der Waals surface area contributed by atoms with E-state index in [2.05, 4.69) is 28.3 Å². The fraction of sp³-hybridized carbons (Fsp3) is 0.444. The maximum absolute atomic E-state index is 9.49. The van der Waals surface area contributed by atoms with Crippen LogP contribution in [0.25, 0.3) is 10.9 Å². The number of aromatic nitrogens is 1. The molecular weight excluding hydrogens is 302 g/mol. The SMILES string of the molecule is CCC(N)CCNc1nc2ccc(C)cc2cc1/C(N)=N/C(C)O. The highest BCUT2D eigenvalue weighted by molar-refractivity contribution is 6.04. The van der Waals surface area contributed by atoms with Gasteiger partial charge in [0.15, 0.2) is 0 Å². The lowest BCUT2D eigenvalue weighted by Crippen LogP contribution is -2.24. The number of benzene rings is 1. The van der Waals surface area contributed by atoms with E-state index in [1.54, 1.807) is 6.92 Å². The highest BCUT2D eigenvalue weighted by Crippen LogP contribution is 2.22. The molecule has 0 aliphatic rings. The van der Waals surface area contributed by atoms with E-state index in [0.29, 0.717) is 17.9 Å². The van der Waals surface area contributed by atoms with Gasteiger partial charge in [-0.05, 0) is 44.9 Å². The minimum Gasteiger partial charge on any atom is -0.383 e. The van der Waals surface area contributed by atoms with E-state index in [1.165, 1.54) is 0 Å². The molecule has 2 aromatic rings. The van der Waals surface area contributed by atoms with Crippen molar-refractivity contribution in [3.05, 3.63) is 35.4 Å². The van der Waals surface area contributed by atoms with Gasteiger partial charge in [-0.2, -0.15) is 0 Å². The summed E-state index contributed by atoms with van der Waals surface area (Å²) in [7, 11) is 0. The number of aliphatic hydroxyl groups is 1. The lowest BCUT2D eigenvalue weighted by Gasteiger charge is -2.15. The van der Waals surface area contributed by atoms with E-state index >= 15 is 0 Å². The Morgan fingerprint density at radius 1 is 1.38 bits per heavy atom. The molecule has 0 bridgehead atoms. The Kier molecular flexibility index (Phi) is 6.11. The standard InChI is InChI=1S/C18H27N5O/c1-4-14(19)7-8-21-18-15(17(20)22-12(3)24)10-13-9-11(2)5-6-16(13)23-18/h5-6,9-10,12,14,24H,4,7-8,19H2,1-3H3,(H2,20,22)(H,21,23). The van der Waals surface area contributed by atoms with Gasteiger partial charge in [-0.25, -0.2) is 9.98 Å². The Morgan fingerprint density at radius 3 is 2.79 bits per heavy atom. The van der Waals surface area contributed by atoms with E-state index in [9.17, 15) is 5.11 Å². The summed E-state index contributed by atoms with van der Waals surface area (Å²) < 4.78 is 0. The zero-order chi connectivity index (χ0) is 17.7. The largest absolute Gasteiger partial charge is 0.383 e. The fourth-order valence-electron chi connectivity index (χ4n) is 2.48. The number of aliphatic imine (C=N–C) groups is 1. The third-order valence-electron chi connectivity index (χ3n) is 3.90. The van der Waals surface area contributed by atoms with E-state index in [0.717, 1.165) is 29.3 Å². The molecule has 6 nitrogen and oxygen atoms in total. The second-order valence-electron chi connectivity index (χ2n) is 6.11. The minimum atomic E-state index is -0.862. The molecule has 6 heteroatoms. The summed E-state index contributed by atoms with van der Waals surface area (Å²) >= 11 is 0. The number of aliphatic hydroxyl groups excluding tert-OH is 1. The summed E-state index contributed by atoms with van der Waals surface area (Å²) in [5.41, 5.74) is 14.8. The predicted octanol–water partition coefficient (Wildman–Crippen LogP) is 2.13. The van der Waals surface area contributed by atoms with Crippen LogP contribution < -0.4 is 16.8 Å². The normalized spacial score (nSPS) is 14.6. The average molecular weight is 329 g/mol. The molecule has 0 spiro atoms. The first-order chi connectivity index (χ1) is 11.4. The highest BCUT2D eigenvalue weighted by atomic mass is 16.3. The third-order valence-corrected chi connectivity index (χ3v) is 3.90. The van der Waals surface area contributed by atoms with E-state index in [1.807, 2.05) is 25.1 Å². The second kappa shape index (κ2) is 8.08. The van der Waals surface area contributed by atoms with Crippen LogP contribution in [0.1, 0.15) is 37.8 Å². The smallest absolute Gasteiger partial charge is 0.144 e. The molecule has 1 aromatic heterocycles. The first-order valence-electron chi connectivity index (χ1n) is 8.33. The van der Waals surface area contributed by atoms with Gasteiger partial charge in [-0.1, -0.05) is 18.6 Å². The van der Waals surface area contributed by atoms with E-state index in [4.69, 9.17) is 11.5 Å². The Bertz CT molecular complexity index is 727. The molecule has 6 N–H and O–H groups in total. The number of aryl methyl sites for hydroxylation is 1. The molecule has 130 valence electrons. The van der Waals surface area contributed by atoms with Crippen molar-refractivity contribution in [1.82, 2.24) is 4.98 Å². The van der Waals surface area contributed by atoms with Crippen molar-refractivity contribution in [3.63, 3.8) is 0 Å². The Labute approximate surface area is 143 Å². The van der Waals surface area contributed by atoms with Crippen LogP contribution in [0.5, 0.6) is 0 Å². The van der Waals surface area contributed by atoms with Crippen molar-refractivity contribution < 1.29 is 5.11 Å². The zero-order valence-corrected chi connectivity index (χ0v) is 14.6. The van der Waals surface area contributed by atoms with Crippen LogP contribution in [0.15, 0.2) is 29.3 Å². The number of fused-ring (bicyclic) bond motifs is 1. The number of nitrogens with zero attached hydrogens (tertiary/aromatic N) is 2. The lowest BCUT2D eigenvalue weighted by molar-refractivity contribution is 0.205. The summed E-state index contributed by atoms with van der Waals surface area (Å²) in [6.07, 6.45) is 0.918. The molecular formula is C18H27N5O. The first kappa shape index (κ1) is 18.2. The van der Waals surface area contributed by atoms with Crippen LogP contribution >= 0.6 is 0 Å². The maximum atomic E-state index is 9.49. The molecule has 2 unspecified atom stereocenters. The third kappa shape index (κ3) is 4.66. The van der Waals surface area contributed by atoms with Gasteiger partial charge in [-0.15, -0.1) is 0 Å². The van der Waals surface area contributed by atoms with Gasteiger partial charge in [-0.3, -0.25) is 0 Å². The molecule has 0 saturated heterocycles. The maximum Gasteiger partial charge on any atom is 0.144 e. The van der Waals surface area contributed by atoms with Crippen LogP contribution in [-0.4, -0.2) is 34.7 Å². The Morgan fingerprint density at radius 2 is 2.12 bits per heavy atom. The van der Waals surface area contributed by atoms with Crippen molar-refractivity contribution in [2.75, 3.05) is 11.9 Å². The summed E-state index contributed by atoms with van der Waals surface area (Å²) in [4.78, 5) is 8.72. The van der Waals surface area contributed by atoms with Crippen LogP contribution in [0.3, 0.4) is 0 Å². The monoisotopic (exact) mass is 329 g/mol. The lowest BCUT2D eigenvalue weighted by atomic mass is 10.1. The molecule has 2 atom stereocenters. The van der Waals surface area contributed by atoms with Gasteiger partial charge in [0.2, 0.25) is 0 Å². The summed E-state index contributed by atoms with van der Waals surface area (Å²) in [6, 6.07) is 8.18. The summed E-state index contributed by atoms with van der Waals surface area (Å²) in [6.45, 7) is 6.37. The number of nitrogens with one attached hydrogen (secondary N) is 1. The molecule has 0 aliphatic heterocycles. The molecule has 0 saturated carbocycles. The van der Waals surface area contributed by atoms with Gasteiger partial charge < -0.3 is 21.9 Å². The second-order valence-corrected chi connectivity index (χ2v) is 6.11. The van der Waals surface area contributed by atoms with E-state index in [-0.39, 0.29) is 11.9 Å². The fourth-order valence-corrected chi connectivity index (χ4v) is 2.48. The predicted molar refractivity (Wildman–Crippen MR) is 100 cm³/mol. The number of amidine groups is 1. The Hall–Kier alpha value is -2.18. The van der Waals surface area contributed by atoms with Crippen LogP contribution in [0, 0.1) is 6.92 Å². The topological polar surface area (TPSA) is 110 Å². The number of rotatable bonds is 7. The molecule has 1 heterocycles. The molecule has 2 rings (SSSR count). The number of anilines is 1. The van der Waals surface area contributed by atoms with Gasteiger partial charge in [0, 0.05) is 18.0 Å².